The summed E-state index contributed by atoms with van der Waals surface area (Å²) in [5.41, 5.74) is 5.33. The van der Waals surface area contributed by atoms with E-state index in [1.165, 1.54) is 32.1 Å². The number of rotatable bonds is 4. The highest BCUT2D eigenvalue weighted by molar-refractivity contribution is 5.76. The van der Waals surface area contributed by atoms with Crippen molar-refractivity contribution in [3.63, 3.8) is 0 Å². The molecule has 0 aromatic heterocycles. The normalized spacial score (nSPS) is 19.2. The van der Waals surface area contributed by atoms with Gasteiger partial charge in [-0.15, -0.1) is 0 Å². The molecule has 0 saturated heterocycles. The van der Waals surface area contributed by atoms with E-state index in [-0.39, 0.29) is 0 Å². The van der Waals surface area contributed by atoms with Crippen molar-refractivity contribution in [1.29, 1.82) is 5.41 Å². The zero-order chi connectivity index (χ0) is 9.68. The molecule has 1 saturated carbocycles. The van der Waals surface area contributed by atoms with Crippen molar-refractivity contribution < 1.29 is 0 Å². The minimum Gasteiger partial charge on any atom is -0.388 e. The van der Waals surface area contributed by atoms with Gasteiger partial charge < -0.3 is 10.6 Å². The summed E-state index contributed by atoms with van der Waals surface area (Å²) >= 11 is 0. The molecule has 3 N–H and O–H groups in total. The Morgan fingerprint density at radius 3 is 2.54 bits per heavy atom. The second-order valence-corrected chi connectivity index (χ2v) is 4.05. The van der Waals surface area contributed by atoms with Crippen LogP contribution in [0.15, 0.2) is 0 Å². The van der Waals surface area contributed by atoms with Crippen LogP contribution < -0.4 is 5.73 Å². The van der Waals surface area contributed by atoms with Crippen molar-refractivity contribution in [1.82, 2.24) is 4.90 Å². The molecule has 1 aliphatic carbocycles. The van der Waals surface area contributed by atoms with Crippen LogP contribution in [0.4, 0.5) is 0 Å². The van der Waals surface area contributed by atoms with E-state index in [9.17, 15) is 0 Å². The van der Waals surface area contributed by atoms with E-state index in [1.54, 1.807) is 0 Å². The first kappa shape index (κ1) is 10.5. The Kier molecular flexibility index (Phi) is 4.22. The second kappa shape index (κ2) is 5.22. The van der Waals surface area contributed by atoms with Gasteiger partial charge in [-0.2, -0.15) is 0 Å². The molecule has 3 heteroatoms. The van der Waals surface area contributed by atoms with E-state index < -0.39 is 0 Å². The Morgan fingerprint density at radius 2 is 2.00 bits per heavy atom. The predicted molar refractivity (Wildman–Crippen MR) is 56.0 cm³/mol. The minimum atomic E-state index is 0.308. The van der Waals surface area contributed by atoms with Crippen molar-refractivity contribution >= 4 is 5.84 Å². The van der Waals surface area contributed by atoms with Gasteiger partial charge in [0.15, 0.2) is 0 Å². The lowest BCUT2D eigenvalue weighted by molar-refractivity contribution is 0.196. The van der Waals surface area contributed by atoms with Gasteiger partial charge in [0.1, 0.15) is 0 Å². The molecule has 1 aliphatic rings. The number of amidine groups is 1. The average molecular weight is 183 g/mol. The van der Waals surface area contributed by atoms with E-state index in [4.69, 9.17) is 11.1 Å². The number of nitrogens with zero attached hydrogens (tertiary/aromatic N) is 1. The zero-order valence-corrected chi connectivity index (χ0v) is 8.55. The summed E-state index contributed by atoms with van der Waals surface area (Å²) in [5, 5.41) is 7.15. The minimum absolute atomic E-state index is 0.308. The molecule has 0 radical (unpaired) electrons. The summed E-state index contributed by atoms with van der Waals surface area (Å²) < 4.78 is 0. The Morgan fingerprint density at radius 1 is 1.38 bits per heavy atom. The standard InChI is InChI=1S/C10H21N3/c1-13(8-7-10(11)12)9-5-3-2-4-6-9/h9H,2-8H2,1H3,(H3,11,12). The third-order valence-electron chi connectivity index (χ3n) is 2.93. The van der Waals surface area contributed by atoms with Gasteiger partial charge in [0.25, 0.3) is 0 Å². The van der Waals surface area contributed by atoms with Crippen molar-refractivity contribution in [3.8, 4) is 0 Å². The van der Waals surface area contributed by atoms with Gasteiger partial charge in [-0.3, -0.25) is 5.41 Å². The molecule has 0 spiro atoms. The molecule has 0 aliphatic heterocycles. The van der Waals surface area contributed by atoms with Gasteiger partial charge >= 0.3 is 0 Å². The molecule has 0 amide bonds. The van der Waals surface area contributed by atoms with Crippen LogP contribution in [0.25, 0.3) is 0 Å². The van der Waals surface area contributed by atoms with E-state index in [0.29, 0.717) is 12.3 Å². The fourth-order valence-electron chi connectivity index (χ4n) is 2.00. The predicted octanol–water partition coefficient (Wildman–Crippen LogP) is 1.58. The maximum atomic E-state index is 7.15. The number of nitrogens with two attached hydrogens (primary N) is 1. The van der Waals surface area contributed by atoms with Crippen LogP contribution in [0.3, 0.4) is 0 Å². The number of nitrogens with one attached hydrogen (secondary N) is 1. The van der Waals surface area contributed by atoms with E-state index in [2.05, 4.69) is 11.9 Å². The van der Waals surface area contributed by atoms with E-state index in [0.717, 1.165) is 12.6 Å². The molecule has 0 atom stereocenters. The first-order valence-corrected chi connectivity index (χ1v) is 5.23. The van der Waals surface area contributed by atoms with E-state index >= 15 is 0 Å². The maximum absolute atomic E-state index is 7.15. The van der Waals surface area contributed by atoms with Gasteiger partial charge in [0.2, 0.25) is 0 Å². The summed E-state index contributed by atoms with van der Waals surface area (Å²) in [5.74, 6) is 0.308. The molecule has 0 aromatic carbocycles. The van der Waals surface area contributed by atoms with Crippen LogP contribution in [0.1, 0.15) is 38.5 Å². The summed E-state index contributed by atoms with van der Waals surface area (Å²) in [6.07, 6.45) is 7.51. The fraction of sp³-hybridized carbons (Fsp3) is 0.900. The topological polar surface area (TPSA) is 53.1 Å². The molecule has 0 aromatic rings. The third-order valence-corrected chi connectivity index (χ3v) is 2.93. The van der Waals surface area contributed by atoms with Gasteiger partial charge in [-0.05, 0) is 19.9 Å². The average Bonchev–Trinajstić information content (AvgIpc) is 2.15. The Balaban J connectivity index is 2.20. The van der Waals surface area contributed by atoms with E-state index in [1.807, 2.05) is 0 Å². The summed E-state index contributed by atoms with van der Waals surface area (Å²) in [6, 6.07) is 0.744. The molecular weight excluding hydrogens is 162 g/mol. The quantitative estimate of drug-likeness (QED) is 0.513. The third kappa shape index (κ3) is 3.77. The largest absolute Gasteiger partial charge is 0.388 e. The monoisotopic (exact) mass is 183 g/mol. The highest BCUT2D eigenvalue weighted by Gasteiger charge is 2.17. The molecule has 1 fully saturated rings. The summed E-state index contributed by atoms with van der Waals surface area (Å²) in [7, 11) is 2.15. The molecule has 13 heavy (non-hydrogen) atoms. The first-order chi connectivity index (χ1) is 6.20. The molecule has 76 valence electrons. The maximum Gasteiger partial charge on any atom is 0.0918 e. The number of hydrogen-bond acceptors (Lipinski definition) is 2. The van der Waals surface area contributed by atoms with Crippen LogP contribution >= 0.6 is 0 Å². The Labute approximate surface area is 80.8 Å². The second-order valence-electron chi connectivity index (χ2n) is 4.05. The van der Waals surface area contributed by atoms with Crippen LogP contribution in [0, 0.1) is 5.41 Å². The van der Waals surface area contributed by atoms with Crippen LogP contribution in [-0.4, -0.2) is 30.4 Å². The van der Waals surface area contributed by atoms with Crippen LogP contribution in [0.5, 0.6) is 0 Å². The lowest BCUT2D eigenvalue weighted by atomic mass is 9.94. The highest BCUT2D eigenvalue weighted by atomic mass is 15.1. The van der Waals surface area contributed by atoms with Gasteiger partial charge in [-0.1, -0.05) is 19.3 Å². The van der Waals surface area contributed by atoms with Gasteiger partial charge in [0.05, 0.1) is 5.84 Å². The lowest BCUT2D eigenvalue weighted by Gasteiger charge is -2.30. The van der Waals surface area contributed by atoms with Gasteiger partial charge in [0, 0.05) is 19.0 Å². The first-order valence-electron chi connectivity index (χ1n) is 5.23. The van der Waals surface area contributed by atoms with Gasteiger partial charge in [-0.25, -0.2) is 0 Å². The van der Waals surface area contributed by atoms with Crippen LogP contribution in [-0.2, 0) is 0 Å². The summed E-state index contributed by atoms with van der Waals surface area (Å²) in [4.78, 5) is 2.36. The molecule has 0 bridgehead atoms. The van der Waals surface area contributed by atoms with Crippen molar-refractivity contribution in [2.75, 3.05) is 13.6 Å². The van der Waals surface area contributed by atoms with Crippen LogP contribution in [0.2, 0.25) is 0 Å². The van der Waals surface area contributed by atoms with Crippen molar-refractivity contribution in [2.24, 2.45) is 5.73 Å². The van der Waals surface area contributed by atoms with Crippen molar-refractivity contribution in [2.45, 2.75) is 44.6 Å². The number of hydrogen-bond donors (Lipinski definition) is 2. The van der Waals surface area contributed by atoms with Crippen molar-refractivity contribution in [3.05, 3.63) is 0 Å². The smallest absolute Gasteiger partial charge is 0.0918 e. The molecule has 0 heterocycles. The lowest BCUT2D eigenvalue weighted by Crippen LogP contribution is -2.35. The Bertz CT molecular complexity index is 162. The molecule has 1 rings (SSSR count). The zero-order valence-electron chi connectivity index (χ0n) is 8.55. The Hall–Kier alpha value is -0.570. The molecule has 3 nitrogen and oxygen atoms in total. The summed E-state index contributed by atoms with van der Waals surface area (Å²) in [6.45, 7) is 0.944. The SMILES string of the molecule is CN(CCC(=N)N)C1CCCCC1. The molecular formula is C10H21N3. The fourth-order valence-corrected chi connectivity index (χ4v) is 2.00. The molecule has 0 unspecified atom stereocenters. The highest BCUT2D eigenvalue weighted by Crippen LogP contribution is 2.21.